The summed E-state index contributed by atoms with van der Waals surface area (Å²) < 4.78 is 2.37. The Morgan fingerprint density at radius 1 is 1.50 bits per heavy atom. The highest BCUT2D eigenvalue weighted by Gasteiger charge is 2.33. The van der Waals surface area contributed by atoms with E-state index < -0.39 is 0 Å². The predicted octanol–water partition coefficient (Wildman–Crippen LogP) is 2.35. The zero-order valence-electron chi connectivity index (χ0n) is 10.0. The van der Waals surface area contributed by atoms with E-state index in [4.69, 9.17) is 0 Å². The largest absolute Gasteiger partial charge is 0.333 e. The van der Waals surface area contributed by atoms with E-state index >= 15 is 0 Å². The zero-order chi connectivity index (χ0) is 11.0. The quantitative estimate of drug-likeness (QED) is 0.845. The van der Waals surface area contributed by atoms with Crippen LogP contribution in [-0.4, -0.2) is 16.1 Å². The number of aromatic nitrogens is 2. The Hall–Kier alpha value is -0.830. The first-order valence-electron chi connectivity index (χ1n) is 6.58. The van der Waals surface area contributed by atoms with Gasteiger partial charge in [-0.25, -0.2) is 4.98 Å². The van der Waals surface area contributed by atoms with Crippen molar-refractivity contribution in [2.75, 3.05) is 6.54 Å². The summed E-state index contributed by atoms with van der Waals surface area (Å²) in [6, 6.07) is 0.547. The summed E-state index contributed by atoms with van der Waals surface area (Å²) in [7, 11) is 0. The fourth-order valence-electron chi connectivity index (χ4n) is 2.78. The van der Waals surface area contributed by atoms with Gasteiger partial charge >= 0.3 is 0 Å². The fraction of sp³-hybridized carbons (Fsp3) is 0.769. The van der Waals surface area contributed by atoms with E-state index in [0.29, 0.717) is 6.04 Å². The number of imidazole rings is 1. The first kappa shape index (κ1) is 10.3. The van der Waals surface area contributed by atoms with Crippen molar-refractivity contribution in [3.8, 4) is 0 Å². The van der Waals surface area contributed by atoms with Crippen molar-refractivity contribution in [1.82, 2.24) is 14.9 Å². The summed E-state index contributed by atoms with van der Waals surface area (Å²) in [5.74, 6) is 1.83. The molecule has 1 aromatic rings. The molecule has 1 saturated heterocycles. The molecule has 0 spiro atoms. The third-order valence-electron chi connectivity index (χ3n) is 4.12. The average molecular weight is 219 g/mol. The van der Waals surface area contributed by atoms with Gasteiger partial charge in [-0.1, -0.05) is 13.3 Å². The molecule has 3 heteroatoms. The van der Waals surface area contributed by atoms with Gasteiger partial charge in [0.15, 0.2) is 0 Å². The Morgan fingerprint density at radius 2 is 2.38 bits per heavy atom. The highest BCUT2D eigenvalue weighted by Crippen LogP contribution is 2.39. The van der Waals surface area contributed by atoms with E-state index in [1.165, 1.54) is 37.9 Å². The van der Waals surface area contributed by atoms with Crippen LogP contribution >= 0.6 is 0 Å². The standard InChI is InChI=1S/C13H21N3/c1-10-6-11(10)8-16-9-14-7-13(16)12-4-2-3-5-15-12/h7,9-12,15H,2-6,8H2,1H3. The van der Waals surface area contributed by atoms with Gasteiger partial charge in [-0.2, -0.15) is 0 Å². The van der Waals surface area contributed by atoms with Crippen molar-refractivity contribution < 1.29 is 0 Å². The minimum Gasteiger partial charge on any atom is -0.333 e. The van der Waals surface area contributed by atoms with Gasteiger partial charge in [-0.15, -0.1) is 0 Å². The molecule has 1 aliphatic heterocycles. The van der Waals surface area contributed by atoms with E-state index in [9.17, 15) is 0 Å². The first-order valence-corrected chi connectivity index (χ1v) is 6.58. The van der Waals surface area contributed by atoms with Crippen molar-refractivity contribution in [3.05, 3.63) is 18.2 Å². The second kappa shape index (κ2) is 4.21. The highest BCUT2D eigenvalue weighted by atomic mass is 15.1. The van der Waals surface area contributed by atoms with Crippen LogP contribution in [0.25, 0.3) is 0 Å². The molecule has 3 rings (SSSR count). The third kappa shape index (κ3) is 2.01. The predicted molar refractivity (Wildman–Crippen MR) is 64.1 cm³/mol. The topological polar surface area (TPSA) is 29.9 Å². The normalized spacial score (nSPS) is 33.9. The van der Waals surface area contributed by atoms with Crippen molar-refractivity contribution in [2.24, 2.45) is 11.8 Å². The summed E-state index contributed by atoms with van der Waals surface area (Å²) in [5.41, 5.74) is 1.40. The van der Waals surface area contributed by atoms with Gasteiger partial charge in [0.1, 0.15) is 0 Å². The number of nitrogens with zero attached hydrogens (tertiary/aromatic N) is 2. The van der Waals surface area contributed by atoms with Crippen LogP contribution in [0, 0.1) is 11.8 Å². The number of piperidine rings is 1. The summed E-state index contributed by atoms with van der Waals surface area (Å²) >= 11 is 0. The van der Waals surface area contributed by atoms with E-state index in [0.717, 1.165) is 18.4 Å². The Labute approximate surface area is 97.3 Å². The second-order valence-corrected chi connectivity index (χ2v) is 5.45. The Balaban J connectivity index is 1.70. The van der Waals surface area contributed by atoms with E-state index in [1.807, 2.05) is 6.33 Å². The number of hydrogen-bond donors (Lipinski definition) is 1. The molecule has 1 aliphatic carbocycles. The average Bonchev–Trinajstić information content (AvgIpc) is 2.82. The summed E-state index contributed by atoms with van der Waals surface area (Å²) in [6.07, 6.45) is 9.40. The maximum atomic E-state index is 4.33. The maximum Gasteiger partial charge on any atom is 0.0948 e. The lowest BCUT2D eigenvalue weighted by molar-refractivity contribution is 0.389. The molecule has 1 aromatic heterocycles. The van der Waals surface area contributed by atoms with Crippen LogP contribution in [0.15, 0.2) is 12.5 Å². The number of rotatable bonds is 3. The molecule has 88 valence electrons. The van der Waals surface area contributed by atoms with Gasteiger partial charge in [-0.3, -0.25) is 0 Å². The van der Waals surface area contributed by atoms with E-state index in [-0.39, 0.29) is 0 Å². The maximum absolute atomic E-state index is 4.33. The third-order valence-corrected chi connectivity index (χ3v) is 4.12. The van der Waals surface area contributed by atoms with Crippen LogP contribution in [0.3, 0.4) is 0 Å². The van der Waals surface area contributed by atoms with Crippen molar-refractivity contribution in [3.63, 3.8) is 0 Å². The molecule has 0 radical (unpaired) electrons. The monoisotopic (exact) mass is 219 g/mol. The van der Waals surface area contributed by atoms with E-state index in [2.05, 4.69) is 28.0 Å². The van der Waals surface area contributed by atoms with Crippen LogP contribution in [0.2, 0.25) is 0 Å². The molecule has 2 aliphatic rings. The molecule has 2 fully saturated rings. The van der Waals surface area contributed by atoms with Crippen LogP contribution < -0.4 is 5.32 Å². The van der Waals surface area contributed by atoms with Crippen LogP contribution in [0.4, 0.5) is 0 Å². The SMILES string of the molecule is CC1CC1Cn1cncc1C1CCCCN1. The molecule has 3 atom stereocenters. The minimum atomic E-state index is 0.547. The minimum absolute atomic E-state index is 0.547. The fourth-order valence-corrected chi connectivity index (χ4v) is 2.78. The molecule has 0 bridgehead atoms. The summed E-state index contributed by atoms with van der Waals surface area (Å²) in [4.78, 5) is 4.33. The number of nitrogens with one attached hydrogen (secondary N) is 1. The van der Waals surface area contributed by atoms with Gasteiger partial charge in [0.2, 0.25) is 0 Å². The molecule has 0 aromatic carbocycles. The Morgan fingerprint density at radius 3 is 3.06 bits per heavy atom. The molecule has 3 unspecified atom stereocenters. The lowest BCUT2D eigenvalue weighted by Gasteiger charge is -2.24. The molecular formula is C13H21N3. The van der Waals surface area contributed by atoms with Crippen molar-refractivity contribution in [2.45, 2.75) is 45.2 Å². The van der Waals surface area contributed by atoms with Gasteiger partial charge < -0.3 is 9.88 Å². The summed E-state index contributed by atoms with van der Waals surface area (Å²) in [5, 5.41) is 3.61. The van der Waals surface area contributed by atoms with Gasteiger partial charge in [0, 0.05) is 18.8 Å². The molecule has 3 nitrogen and oxygen atoms in total. The summed E-state index contributed by atoms with van der Waals surface area (Å²) in [6.45, 7) is 4.69. The molecular weight excluding hydrogens is 198 g/mol. The Bertz CT molecular complexity index is 352. The Kier molecular flexibility index (Phi) is 2.72. The van der Waals surface area contributed by atoms with Crippen molar-refractivity contribution in [1.29, 1.82) is 0 Å². The highest BCUT2D eigenvalue weighted by molar-refractivity contribution is 5.07. The molecule has 1 saturated carbocycles. The molecule has 0 amide bonds. The van der Waals surface area contributed by atoms with Crippen LogP contribution in [0.5, 0.6) is 0 Å². The van der Waals surface area contributed by atoms with Gasteiger partial charge in [0.05, 0.1) is 12.0 Å². The van der Waals surface area contributed by atoms with Gasteiger partial charge in [-0.05, 0) is 37.6 Å². The molecule has 2 heterocycles. The lowest BCUT2D eigenvalue weighted by Crippen LogP contribution is -2.28. The second-order valence-electron chi connectivity index (χ2n) is 5.45. The molecule has 1 N–H and O–H groups in total. The lowest BCUT2D eigenvalue weighted by atomic mass is 10.0. The van der Waals surface area contributed by atoms with Gasteiger partial charge in [0.25, 0.3) is 0 Å². The smallest absolute Gasteiger partial charge is 0.0948 e. The number of hydrogen-bond acceptors (Lipinski definition) is 2. The zero-order valence-corrected chi connectivity index (χ0v) is 10.0. The van der Waals surface area contributed by atoms with Crippen LogP contribution in [-0.2, 0) is 6.54 Å². The molecule has 16 heavy (non-hydrogen) atoms. The van der Waals surface area contributed by atoms with Crippen molar-refractivity contribution >= 4 is 0 Å². The van der Waals surface area contributed by atoms with Crippen LogP contribution in [0.1, 0.15) is 44.3 Å². The first-order chi connectivity index (χ1) is 7.84. The van der Waals surface area contributed by atoms with E-state index in [1.54, 1.807) is 0 Å².